The first-order valence-corrected chi connectivity index (χ1v) is 6.33. The number of nitrogens with zero attached hydrogens (tertiary/aromatic N) is 2. The average molecular weight is 273 g/mol. The molecule has 4 N–H and O–H groups in total. The van der Waals surface area contributed by atoms with E-state index in [4.69, 9.17) is 17.3 Å². The molecule has 1 aliphatic carbocycles. The molecule has 0 aromatic carbocycles. The highest BCUT2D eigenvalue weighted by molar-refractivity contribution is 6.30. The molecule has 1 aromatic heterocycles. The first kappa shape index (κ1) is 13.3. The minimum atomic E-state index is -0.564. The fourth-order valence-electron chi connectivity index (χ4n) is 2.16. The van der Waals surface area contributed by atoms with Gasteiger partial charge >= 0.3 is 0 Å². The Morgan fingerprint density at radius 3 is 3.00 bits per heavy atom. The first-order chi connectivity index (χ1) is 8.56. The minimum Gasteiger partial charge on any atom is -0.391 e. The van der Waals surface area contributed by atoms with Crippen LogP contribution in [-0.2, 0) is 11.3 Å². The molecule has 7 heteroatoms. The predicted octanol–water partition coefficient (Wildman–Crippen LogP) is -0.249. The van der Waals surface area contributed by atoms with Crippen molar-refractivity contribution in [1.82, 2.24) is 15.1 Å². The topological polar surface area (TPSA) is 93.2 Å². The molecule has 2 rings (SSSR count). The van der Waals surface area contributed by atoms with Gasteiger partial charge in [0.25, 0.3) is 0 Å². The zero-order valence-corrected chi connectivity index (χ0v) is 10.7. The molecule has 1 aromatic rings. The molecule has 0 bridgehead atoms. The van der Waals surface area contributed by atoms with Gasteiger partial charge in [-0.15, -0.1) is 0 Å². The van der Waals surface area contributed by atoms with E-state index in [-0.39, 0.29) is 17.9 Å². The van der Waals surface area contributed by atoms with Gasteiger partial charge in [0.05, 0.1) is 23.9 Å². The van der Waals surface area contributed by atoms with Crippen LogP contribution in [0.2, 0.25) is 5.02 Å². The highest BCUT2D eigenvalue weighted by Crippen LogP contribution is 2.24. The van der Waals surface area contributed by atoms with Crippen LogP contribution < -0.4 is 11.1 Å². The van der Waals surface area contributed by atoms with E-state index in [0.29, 0.717) is 31.0 Å². The van der Waals surface area contributed by atoms with Crippen LogP contribution in [0.1, 0.15) is 12.8 Å². The number of carbonyl (C=O) groups is 1. The van der Waals surface area contributed by atoms with Crippen LogP contribution in [-0.4, -0.2) is 39.5 Å². The Morgan fingerprint density at radius 1 is 1.67 bits per heavy atom. The van der Waals surface area contributed by atoms with E-state index in [1.54, 1.807) is 17.1 Å². The molecule has 18 heavy (non-hydrogen) atoms. The second kappa shape index (κ2) is 5.69. The Labute approximate surface area is 110 Å². The van der Waals surface area contributed by atoms with E-state index in [1.807, 2.05) is 0 Å². The monoisotopic (exact) mass is 272 g/mol. The normalized spacial score (nSPS) is 27.4. The summed E-state index contributed by atoms with van der Waals surface area (Å²) in [7, 11) is 0. The average Bonchev–Trinajstić information content (AvgIpc) is 2.87. The number of nitrogens with one attached hydrogen (secondary N) is 1. The summed E-state index contributed by atoms with van der Waals surface area (Å²) in [6, 6.07) is -0.286. The highest BCUT2D eigenvalue weighted by atomic mass is 35.5. The zero-order chi connectivity index (χ0) is 13.1. The lowest BCUT2D eigenvalue weighted by Gasteiger charge is -2.10. The van der Waals surface area contributed by atoms with Crippen molar-refractivity contribution in [3.8, 4) is 0 Å². The van der Waals surface area contributed by atoms with Crippen LogP contribution in [0.15, 0.2) is 12.4 Å². The summed E-state index contributed by atoms with van der Waals surface area (Å²) < 4.78 is 1.66. The third kappa shape index (κ3) is 3.22. The van der Waals surface area contributed by atoms with Crippen LogP contribution >= 0.6 is 11.6 Å². The highest BCUT2D eigenvalue weighted by Gasteiger charge is 2.34. The lowest BCUT2D eigenvalue weighted by molar-refractivity contribution is -0.125. The molecule has 0 radical (unpaired) electrons. The summed E-state index contributed by atoms with van der Waals surface area (Å²) in [5.41, 5.74) is 5.67. The molecular weight excluding hydrogens is 256 g/mol. The smallest absolute Gasteiger partial charge is 0.223 e. The number of aliphatic hydroxyl groups is 1. The van der Waals surface area contributed by atoms with Gasteiger partial charge in [-0.05, 0) is 12.8 Å². The summed E-state index contributed by atoms with van der Waals surface area (Å²) in [6.07, 6.45) is 3.67. The van der Waals surface area contributed by atoms with E-state index < -0.39 is 6.10 Å². The third-order valence-electron chi connectivity index (χ3n) is 3.19. The molecule has 100 valence electrons. The number of rotatable bonds is 4. The van der Waals surface area contributed by atoms with Crippen molar-refractivity contribution in [2.45, 2.75) is 31.5 Å². The van der Waals surface area contributed by atoms with Crippen molar-refractivity contribution in [3.63, 3.8) is 0 Å². The van der Waals surface area contributed by atoms with Gasteiger partial charge in [0.15, 0.2) is 0 Å². The van der Waals surface area contributed by atoms with Gasteiger partial charge in [-0.25, -0.2) is 0 Å². The van der Waals surface area contributed by atoms with Gasteiger partial charge in [-0.1, -0.05) is 11.6 Å². The molecule has 1 aliphatic rings. The number of carbonyl (C=O) groups excluding carboxylic acids is 1. The summed E-state index contributed by atoms with van der Waals surface area (Å²) in [5.74, 6) is -0.239. The van der Waals surface area contributed by atoms with Gasteiger partial charge in [0.2, 0.25) is 5.91 Å². The largest absolute Gasteiger partial charge is 0.391 e. The second-order valence-electron chi connectivity index (χ2n) is 4.61. The van der Waals surface area contributed by atoms with Crippen LogP contribution in [0.25, 0.3) is 0 Å². The first-order valence-electron chi connectivity index (χ1n) is 5.95. The molecule has 0 aliphatic heterocycles. The van der Waals surface area contributed by atoms with E-state index in [2.05, 4.69) is 10.4 Å². The standard InChI is InChI=1S/C11H17ClN4O2/c12-8-5-15-16(6-8)2-1-14-11(18)7-3-9(13)10(17)4-7/h5-7,9-10,17H,1-4,13H2,(H,14,18)/t7-,9-,10-/m0/s1. The molecule has 1 fully saturated rings. The Hall–Kier alpha value is -1.11. The Morgan fingerprint density at radius 2 is 2.44 bits per heavy atom. The third-order valence-corrected chi connectivity index (χ3v) is 3.38. The number of hydrogen-bond acceptors (Lipinski definition) is 4. The van der Waals surface area contributed by atoms with E-state index >= 15 is 0 Å². The van der Waals surface area contributed by atoms with E-state index in [1.165, 1.54) is 0 Å². The van der Waals surface area contributed by atoms with Crippen molar-refractivity contribution < 1.29 is 9.90 Å². The lowest BCUT2D eigenvalue weighted by Crippen LogP contribution is -2.32. The number of hydrogen-bond donors (Lipinski definition) is 3. The maximum Gasteiger partial charge on any atom is 0.223 e. The number of aliphatic hydroxyl groups excluding tert-OH is 1. The lowest BCUT2D eigenvalue weighted by atomic mass is 10.1. The molecule has 0 unspecified atom stereocenters. The number of aromatic nitrogens is 2. The molecule has 3 atom stereocenters. The summed E-state index contributed by atoms with van der Waals surface area (Å²) in [4.78, 5) is 11.8. The van der Waals surface area contributed by atoms with Crippen molar-refractivity contribution in [2.75, 3.05) is 6.54 Å². The molecule has 0 saturated heterocycles. The Bertz CT molecular complexity index is 413. The fourth-order valence-corrected chi connectivity index (χ4v) is 2.32. The van der Waals surface area contributed by atoms with Crippen molar-refractivity contribution in [2.24, 2.45) is 11.7 Å². The summed E-state index contributed by atoms with van der Waals surface area (Å²) in [5, 5.41) is 16.9. The van der Waals surface area contributed by atoms with Gasteiger partial charge in [-0.2, -0.15) is 5.10 Å². The SMILES string of the molecule is N[C@H]1C[C@H](C(=O)NCCn2cc(Cl)cn2)C[C@@H]1O. The van der Waals surface area contributed by atoms with E-state index in [0.717, 1.165) is 0 Å². The molecule has 1 heterocycles. The van der Waals surface area contributed by atoms with Crippen molar-refractivity contribution in [1.29, 1.82) is 0 Å². The van der Waals surface area contributed by atoms with Gasteiger partial charge < -0.3 is 16.2 Å². The molecule has 1 saturated carbocycles. The maximum atomic E-state index is 11.8. The molecule has 0 spiro atoms. The second-order valence-corrected chi connectivity index (χ2v) is 5.05. The minimum absolute atomic E-state index is 0.0553. The zero-order valence-electron chi connectivity index (χ0n) is 9.92. The number of halogens is 1. The number of nitrogens with two attached hydrogens (primary N) is 1. The quantitative estimate of drug-likeness (QED) is 0.705. The van der Waals surface area contributed by atoms with Crippen LogP contribution in [0.4, 0.5) is 0 Å². The Kier molecular flexibility index (Phi) is 4.21. The van der Waals surface area contributed by atoms with Crippen molar-refractivity contribution >= 4 is 17.5 Å². The molecule has 6 nitrogen and oxygen atoms in total. The van der Waals surface area contributed by atoms with Crippen LogP contribution in [0, 0.1) is 5.92 Å². The molecular formula is C11H17ClN4O2. The maximum absolute atomic E-state index is 11.8. The predicted molar refractivity (Wildman–Crippen MR) is 67.0 cm³/mol. The van der Waals surface area contributed by atoms with E-state index in [9.17, 15) is 9.90 Å². The Balaban J connectivity index is 1.72. The van der Waals surface area contributed by atoms with Gasteiger partial charge in [-0.3, -0.25) is 9.48 Å². The fraction of sp³-hybridized carbons (Fsp3) is 0.636. The summed E-state index contributed by atoms with van der Waals surface area (Å²) >= 11 is 5.73. The van der Waals surface area contributed by atoms with Crippen LogP contribution in [0.3, 0.4) is 0 Å². The summed E-state index contributed by atoms with van der Waals surface area (Å²) in [6.45, 7) is 1.05. The van der Waals surface area contributed by atoms with Crippen molar-refractivity contribution in [3.05, 3.63) is 17.4 Å². The van der Waals surface area contributed by atoms with Crippen LogP contribution in [0.5, 0.6) is 0 Å². The van der Waals surface area contributed by atoms with Gasteiger partial charge in [0, 0.05) is 24.7 Å². The van der Waals surface area contributed by atoms with Gasteiger partial charge in [0.1, 0.15) is 0 Å². The molecule has 1 amide bonds. The number of amides is 1.